The van der Waals surface area contributed by atoms with Gasteiger partial charge in [0.15, 0.2) is 0 Å². The Morgan fingerprint density at radius 1 is 1.38 bits per heavy atom. The van der Waals surface area contributed by atoms with Crippen molar-refractivity contribution in [2.24, 2.45) is 0 Å². The van der Waals surface area contributed by atoms with Crippen LogP contribution in [0, 0.1) is 12.3 Å². The topological polar surface area (TPSA) is 21.3 Å². The number of rotatable bonds is 6. The molecule has 2 nitrogen and oxygen atoms in total. The Balaban J connectivity index is 2.62. The van der Waals surface area contributed by atoms with E-state index in [1.54, 1.807) is 0 Å². The van der Waals surface area contributed by atoms with Crippen molar-refractivity contribution in [1.82, 2.24) is 5.32 Å². The predicted molar refractivity (Wildman–Crippen MR) is 67.4 cm³/mol. The standard InChI is InChI=1S/C14H19NO/c1-4-13(5-2)15-11-12-9-7-8-10-14(12)16-6-3/h1,7-10,13,15H,5-6,11H2,2-3H3. The first kappa shape index (κ1) is 12.6. The van der Waals surface area contributed by atoms with Gasteiger partial charge in [-0.15, -0.1) is 6.42 Å². The van der Waals surface area contributed by atoms with Gasteiger partial charge in [0.1, 0.15) is 5.75 Å². The third-order valence-corrected chi connectivity index (χ3v) is 2.42. The highest BCUT2D eigenvalue weighted by molar-refractivity contribution is 5.33. The van der Waals surface area contributed by atoms with Crippen LogP contribution in [0.15, 0.2) is 24.3 Å². The lowest BCUT2D eigenvalue weighted by molar-refractivity contribution is 0.335. The van der Waals surface area contributed by atoms with E-state index in [1.807, 2.05) is 25.1 Å². The van der Waals surface area contributed by atoms with Gasteiger partial charge in [0.05, 0.1) is 12.6 Å². The van der Waals surface area contributed by atoms with E-state index in [9.17, 15) is 0 Å². The molecule has 1 atom stereocenters. The van der Waals surface area contributed by atoms with E-state index in [-0.39, 0.29) is 6.04 Å². The van der Waals surface area contributed by atoms with E-state index in [0.717, 1.165) is 24.3 Å². The molecule has 1 unspecified atom stereocenters. The van der Waals surface area contributed by atoms with E-state index in [4.69, 9.17) is 11.2 Å². The van der Waals surface area contributed by atoms with Crippen LogP contribution in [-0.4, -0.2) is 12.6 Å². The van der Waals surface area contributed by atoms with E-state index in [1.165, 1.54) is 0 Å². The van der Waals surface area contributed by atoms with Gasteiger partial charge in [0.25, 0.3) is 0 Å². The highest BCUT2D eigenvalue weighted by Gasteiger charge is 2.04. The summed E-state index contributed by atoms with van der Waals surface area (Å²) in [6.45, 7) is 5.49. The Morgan fingerprint density at radius 3 is 2.75 bits per heavy atom. The van der Waals surface area contributed by atoms with Crippen molar-refractivity contribution in [3.63, 3.8) is 0 Å². The van der Waals surface area contributed by atoms with Gasteiger partial charge in [-0.25, -0.2) is 0 Å². The van der Waals surface area contributed by atoms with Crippen molar-refractivity contribution in [2.45, 2.75) is 32.9 Å². The van der Waals surface area contributed by atoms with E-state index >= 15 is 0 Å². The van der Waals surface area contributed by atoms with Crippen molar-refractivity contribution in [1.29, 1.82) is 0 Å². The SMILES string of the molecule is C#CC(CC)NCc1ccccc1OCC. The van der Waals surface area contributed by atoms with Crippen LogP contribution in [0.25, 0.3) is 0 Å². The summed E-state index contributed by atoms with van der Waals surface area (Å²) < 4.78 is 5.54. The number of hydrogen-bond acceptors (Lipinski definition) is 2. The molecule has 0 aliphatic heterocycles. The molecule has 2 heteroatoms. The van der Waals surface area contributed by atoms with Crippen LogP contribution in [0.1, 0.15) is 25.8 Å². The van der Waals surface area contributed by atoms with Gasteiger partial charge >= 0.3 is 0 Å². The quantitative estimate of drug-likeness (QED) is 0.739. The first-order chi connectivity index (χ1) is 7.81. The summed E-state index contributed by atoms with van der Waals surface area (Å²) in [5, 5.41) is 3.32. The molecule has 1 rings (SSSR count). The van der Waals surface area contributed by atoms with Crippen molar-refractivity contribution in [2.75, 3.05) is 6.61 Å². The zero-order valence-electron chi connectivity index (χ0n) is 9.99. The number of ether oxygens (including phenoxy) is 1. The molecule has 0 aliphatic rings. The van der Waals surface area contributed by atoms with E-state index in [0.29, 0.717) is 6.61 Å². The smallest absolute Gasteiger partial charge is 0.123 e. The summed E-state index contributed by atoms with van der Waals surface area (Å²) in [6, 6.07) is 8.16. The molecule has 0 heterocycles. The molecule has 0 bridgehead atoms. The number of nitrogens with one attached hydrogen (secondary N) is 1. The van der Waals surface area contributed by atoms with Crippen LogP contribution in [0.2, 0.25) is 0 Å². The van der Waals surface area contributed by atoms with Crippen molar-refractivity contribution in [3.05, 3.63) is 29.8 Å². The van der Waals surface area contributed by atoms with Crippen LogP contribution >= 0.6 is 0 Å². The zero-order valence-corrected chi connectivity index (χ0v) is 9.99. The summed E-state index contributed by atoms with van der Waals surface area (Å²) in [4.78, 5) is 0. The maximum atomic E-state index is 5.54. The molecule has 0 saturated carbocycles. The zero-order chi connectivity index (χ0) is 11.8. The van der Waals surface area contributed by atoms with Crippen LogP contribution in [-0.2, 0) is 6.54 Å². The molecule has 0 aliphatic carbocycles. The Bertz CT molecular complexity index is 354. The molecule has 1 aromatic carbocycles. The number of para-hydroxylation sites is 1. The van der Waals surface area contributed by atoms with Crippen molar-refractivity contribution < 1.29 is 4.74 Å². The minimum absolute atomic E-state index is 0.134. The van der Waals surface area contributed by atoms with E-state index < -0.39 is 0 Å². The van der Waals surface area contributed by atoms with E-state index in [2.05, 4.69) is 24.2 Å². The monoisotopic (exact) mass is 217 g/mol. The molecule has 86 valence electrons. The molecule has 0 amide bonds. The predicted octanol–water partition coefficient (Wildman–Crippen LogP) is 2.59. The molecule has 1 aromatic rings. The summed E-state index contributed by atoms with van der Waals surface area (Å²) in [5.74, 6) is 3.66. The number of hydrogen-bond donors (Lipinski definition) is 1. The van der Waals surface area contributed by atoms with Gasteiger partial charge in [0, 0.05) is 12.1 Å². The lowest BCUT2D eigenvalue weighted by atomic mass is 10.1. The second kappa shape index (κ2) is 6.92. The lowest BCUT2D eigenvalue weighted by Crippen LogP contribution is -2.26. The van der Waals surface area contributed by atoms with Gasteiger partial charge in [-0.05, 0) is 19.4 Å². The molecule has 0 radical (unpaired) electrons. The Hall–Kier alpha value is -1.46. The van der Waals surface area contributed by atoms with Gasteiger partial charge in [-0.2, -0.15) is 0 Å². The molecule has 0 fully saturated rings. The highest BCUT2D eigenvalue weighted by atomic mass is 16.5. The second-order valence-corrected chi connectivity index (χ2v) is 3.55. The van der Waals surface area contributed by atoms with Crippen LogP contribution in [0.5, 0.6) is 5.75 Å². The maximum absolute atomic E-state index is 5.54. The fourth-order valence-electron chi connectivity index (χ4n) is 1.50. The average molecular weight is 217 g/mol. The third kappa shape index (κ3) is 3.60. The Kier molecular flexibility index (Phi) is 5.45. The largest absolute Gasteiger partial charge is 0.494 e. The molecular weight excluding hydrogens is 198 g/mol. The third-order valence-electron chi connectivity index (χ3n) is 2.42. The lowest BCUT2D eigenvalue weighted by Gasteiger charge is -2.13. The summed E-state index contributed by atoms with van der Waals surface area (Å²) in [5.41, 5.74) is 1.15. The first-order valence-electron chi connectivity index (χ1n) is 5.72. The minimum atomic E-state index is 0.134. The number of benzene rings is 1. The Morgan fingerprint density at radius 2 is 2.12 bits per heavy atom. The fourth-order valence-corrected chi connectivity index (χ4v) is 1.50. The molecule has 16 heavy (non-hydrogen) atoms. The van der Waals surface area contributed by atoms with Gasteiger partial charge in [-0.3, -0.25) is 5.32 Å². The van der Waals surface area contributed by atoms with Gasteiger partial charge in [0.2, 0.25) is 0 Å². The summed E-state index contributed by atoms with van der Waals surface area (Å²) >= 11 is 0. The van der Waals surface area contributed by atoms with Gasteiger partial charge < -0.3 is 4.74 Å². The minimum Gasteiger partial charge on any atom is -0.494 e. The highest BCUT2D eigenvalue weighted by Crippen LogP contribution is 2.17. The number of terminal acetylenes is 1. The molecule has 0 spiro atoms. The van der Waals surface area contributed by atoms with Gasteiger partial charge in [-0.1, -0.05) is 31.0 Å². The summed E-state index contributed by atoms with van der Waals surface area (Å²) in [7, 11) is 0. The van der Waals surface area contributed by atoms with Crippen LogP contribution in [0.3, 0.4) is 0 Å². The fraction of sp³-hybridized carbons (Fsp3) is 0.429. The molecule has 0 saturated heterocycles. The second-order valence-electron chi connectivity index (χ2n) is 3.55. The van der Waals surface area contributed by atoms with Crippen LogP contribution < -0.4 is 10.1 Å². The van der Waals surface area contributed by atoms with Crippen molar-refractivity contribution in [3.8, 4) is 18.1 Å². The molecular formula is C14H19NO. The van der Waals surface area contributed by atoms with Crippen LogP contribution in [0.4, 0.5) is 0 Å². The maximum Gasteiger partial charge on any atom is 0.123 e. The normalized spacial score (nSPS) is 11.8. The summed E-state index contributed by atoms with van der Waals surface area (Å²) in [6.07, 6.45) is 6.34. The van der Waals surface area contributed by atoms with Crippen molar-refractivity contribution >= 4 is 0 Å². The Labute approximate surface area is 98.0 Å². The first-order valence-corrected chi connectivity index (χ1v) is 5.72. The average Bonchev–Trinajstić information content (AvgIpc) is 2.33. The molecule has 1 N–H and O–H groups in total. The molecule has 0 aromatic heterocycles.